The summed E-state index contributed by atoms with van der Waals surface area (Å²) in [5.74, 6) is -0.258. The van der Waals surface area contributed by atoms with Crippen LogP contribution in [0.15, 0.2) is 60.7 Å². The number of carbonyl (C=O) groups is 1. The molecular formula is C20H26ClNO. The van der Waals surface area contributed by atoms with E-state index in [2.05, 4.69) is 0 Å². The van der Waals surface area contributed by atoms with E-state index in [1.54, 1.807) is 0 Å². The fraction of sp³-hybridized carbons (Fsp3) is 0.350. The first-order chi connectivity index (χ1) is 11.8. The maximum Gasteiger partial charge on any atom is 0.147 e. The van der Waals surface area contributed by atoms with Crippen molar-refractivity contribution in [3.8, 4) is 0 Å². The van der Waals surface area contributed by atoms with E-state index in [-0.39, 0.29) is 18.2 Å². The van der Waals surface area contributed by atoms with E-state index >= 15 is 0 Å². The van der Waals surface area contributed by atoms with Crippen molar-refractivity contribution >= 4 is 18.2 Å². The van der Waals surface area contributed by atoms with Crippen LogP contribution >= 0.6 is 12.4 Å². The van der Waals surface area contributed by atoms with Gasteiger partial charge >= 0.3 is 0 Å². The molecule has 0 atom stereocenters. The van der Waals surface area contributed by atoms with Crippen LogP contribution in [0.1, 0.15) is 34.9 Å². The van der Waals surface area contributed by atoms with Crippen LogP contribution in [-0.4, -0.2) is 31.3 Å². The van der Waals surface area contributed by atoms with Gasteiger partial charge in [-0.15, -0.1) is 12.4 Å². The molecule has 0 saturated carbocycles. The van der Waals surface area contributed by atoms with Gasteiger partial charge in [-0.25, -0.2) is 0 Å². The van der Waals surface area contributed by atoms with Crippen molar-refractivity contribution in [2.24, 2.45) is 0 Å². The maximum absolute atomic E-state index is 13.3. The minimum absolute atomic E-state index is 0. The largest absolute Gasteiger partial charge is 0.309 e. The number of nitrogens with zero attached hydrogens (tertiary/aromatic N) is 1. The number of ketones is 1. The lowest BCUT2D eigenvalue weighted by atomic mass is 9.68. The first-order valence-corrected chi connectivity index (χ1v) is 7.55. The Morgan fingerprint density at radius 3 is 1.87 bits per heavy atom. The highest BCUT2D eigenvalue weighted by molar-refractivity contribution is 5.93. The lowest BCUT2D eigenvalue weighted by Crippen LogP contribution is -2.39. The Balaban J connectivity index is 0.00000338. The van der Waals surface area contributed by atoms with Crippen LogP contribution in [0.3, 0.4) is 0 Å². The van der Waals surface area contributed by atoms with Crippen LogP contribution in [0, 0.1) is 0 Å². The van der Waals surface area contributed by atoms with Crippen LogP contribution in [0.25, 0.3) is 0 Å². The molecule has 2 nitrogen and oxygen atoms in total. The number of hydrogen-bond acceptors (Lipinski definition) is 2. The zero-order valence-corrected chi connectivity index (χ0v) is 14.5. The molecule has 0 aromatic heterocycles. The van der Waals surface area contributed by atoms with Gasteiger partial charge in [-0.2, -0.15) is 0 Å². The molecule has 0 aliphatic heterocycles. The zero-order chi connectivity index (χ0) is 18.5. The molecule has 0 unspecified atom stereocenters. The molecule has 0 aliphatic rings. The van der Waals surface area contributed by atoms with E-state index in [9.17, 15) is 4.79 Å². The predicted octanol–water partition coefficient (Wildman–Crippen LogP) is 4.33. The summed E-state index contributed by atoms with van der Waals surface area (Å²) in [6, 6.07) is 19.0. The Morgan fingerprint density at radius 2 is 1.48 bits per heavy atom. The minimum Gasteiger partial charge on any atom is -0.309 e. The van der Waals surface area contributed by atoms with Crippen molar-refractivity contribution in [3.63, 3.8) is 0 Å². The SMILES string of the molecule is Cl.[2H]C([2H])([2H])CC(=O)C(CCN(C)C)(c1ccccc1)c1ccccc1. The van der Waals surface area contributed by atoms with Crippen LogP contribution in [-0.2, 0) is 10.2 Å². The van der Waals surface area contributed by atoms with Crippen LogP contribution in [0.5, 0.6) is 0 Å². The molecule has 0 bridgehead atoms. The quantitative estimate of drug-likeness (QED) is 0.751. The molecule has 3 heteroatoms. The summed E-state index contributed by atoms with van der Waals surface area (Å²) in [6.07, 6.45) is 0.0904. The number of halogens is 1. The van der Waals surface area contributed by atoms with Gasteiger partial charge in [0.15, 0.2) is 0 Å². The third-order valence-electron chi connectivity index (χ3n) is 4.10. The first kappa shape index (κ1) is 14.9. The van der Waals surface area contributed by atoms with E-state index in [1.165, 1.54) is 0 Å². The molecule has 0 aliphatic carbocycles. The number of benzene rings is 2. The van der Waals surface area contributed by atoms with E-state index in [0.717, 1.165) is 11.1 Å². The minimum atomic E-state index is -2.29. The molecule has 0 spiro atoms. The standard InChI is InChI=1S/C20H25NO.ClH/c1-4-19(22)20(15-16-21(2)3,17-11-7-5-8-12-17)18-13-9-6-10-14-18;/h5-14H,4,15-16H2,1-3H3;1H/i1D3;. The van der Waals surface area contributed by atoms with Crippen molar-refractivity contribution in [3.05, 3.63) is 71.8 Å². The fourth-order valence-electron chi connectivity index (χ4n) is 2.90. The van der Waals surface area contributed by atoms with Gasteiger partial charge < -0.3 is 4.90 Å². The van der Waals surface area contributed by atoms with Crippen molar-refractivity contribution in [1.29, 1.82) is 0 Å². The molecule has 124 valence electrons. The van der Waals surface area contributed by atoms with Gasteiger partial charge in [-0.3, -0.25) is 4.79 Å². The van der Waals surface area contributed by atoms with Crippen molar-refractivity contribution in [1.82, 2.24) is 4.90 Å². The highest BCUT2D eigenvalue weighted by Gasteiger charge is 2.40. The molecule has 0 amide bonds. The normalized spacial score (nSPS) is 13.6. The predicted molar refractivity (Wildman–Crippen MR) is 99.4 cm³/mol. The number of carbonyl (C=O) groups excluding carboxylic acids is 1. The van der Waals surface area contributed by atoms with Crippen LogP contribution in [0.2, 0.25) is 0 Å². The van der Waals surface area contributed by atoms with Gasteiger partial charge in [-0.05, 0) is 38.2 Å². The Morgan fingerprint density at radius 1 is 1.00 bits per heavy atom. The summed E-state index contributed by atoms with van der Waals surface area (Å²) in [4.78, 5) is 15.3. The van der Waals surface area contributed by atoms with E-state index in [1.807, 2.05) is 79.7 Å². The lowest BCUT2D eigenvalue weighted by Gasteiger charge is -2.34. The van der Waals surface area contributed by atoms with Gasteiger partial charge in [-0.1, -0.05) is 67.5 Å². The summed E-state index contributed by atoms with van der Waals surface area (Å²) in [5, 5.41) is 0. The second-order valence-electron chi connectivity index (χ2n) is 5.79. The molecule has 0 heterocycles. The first-order valence-electron chi connectivity index (χ1n) is 9.05. The van der Waals surface area contributed by atoms with Gasteiger partial charge in [0.2, 0.25) is 0 Å². The smallest absolute Gasteiger partial charge is 0.147 e. The second-order valence-corrected chi connectivity index (χ2v) is 5.79. The summed E-state index contributed by atoms with van der Waals surface area (Å²) in [5.41, 5.74) is 0.732. The highest BCUT2D eigenvalue weighted by atomic mass is 35.5. The Bertz CT molecular complexity index is 648. The summed E-state index contributed by atoms with van der Waals surface area (Å²) in [6.45, 7) is -1.61. The molecule has 0 radical (unpaired) electrons. The Hall–Kier alpha value is -1.64. The zero-order valence-electron chi connectivity index (χ0n) is 16.7. The third-order valence-corrected chi connectivity index (χ3v) is 4.10. The highest BCUT2D eigenvalue weighted by Crippen LogP contribution is 2.37. The van der Waals surface area contributed by atoms with Gasteiger partial charge in [0.25, 0.3) is 0 Å². The topological polar surface area (TPSA) is 20.3 Å². The molecule has 23 heavy (non-hydrogen) atoms. The lowest BCUT2D eigenvalue weighted by molar-refractivity contribution is -0.123. The molecular weight excluding hydrogens is 306 g/mol. The van der Waals surface area contributed by atoms with Gasteiger partial charge in [0.1, 0.15) is 5.78 Å². The maximum atomic E-state index is 13.3. The van der Waals surface area contributed by atoms with Gasteiger partial charge in [0.05, 0.1) is 5.41 Å². The van der Waals surface area contributed by atoms with E-state index in [0.29, 0.717) is 13.0 Å². The number of hydrogen-bond donors (Lipinski definition) is 0. The molecule has 2 aromatic carbocycles. The summed E-state index contributed by atoms with van der Waals surface area (Å²) >= 11 is 0. The van der Waals surface area contributed by atoms with Crippen molar-refractivity contribution in [2.45, 2.75) is 25.1 Å². The number of Topliss-reactive ketones (excluding diaryl/α,β-unsaturated/α-hetero) is 1. The third kappa shape index (κ3) is 4.21. The average molecular weight is 335 g/mol. The van der Waals surface area contributed by atoms with Gasteiger partial charge in [0, 0.05) is 10.5 Å². The van der Waals surface area contributed by atoms with Crippen LogP contribution in [0.4, 0.5) is 0 Å². The fourth-order valence-corrected chi connectivity index (χ4v) is 2.90. The summed E-state index contributed by atoms with van der Waals surface area (Å²) in [7, 11) is 3.91. The Kier molecular flexibility index (Phi) is 5.74. The summed E-state index contributed by atoms with van der Waals surface area (Å²) < 4.78 is 22.8. The number of rotatable bonds is 7. The van der Waals surface area contributed by atoms with E-state index < -0.39 is 18.7 Å². The molecule has 0 fully saturated rings. The monoisotopic (exact) mass is 334 g/mol. The molecule has 2 aromatic rings. The van der Waals surface area contributed by atoms with Crippen molar-refractivity contribution in [2.75, 3.05) is 20.6 Å². The molecule has 0 N–H and O–H groups in total. The second kappa shape index (κ2) is 8.85. The van der Waals surface area contributed by atoms with Crippen molar-refractivity contribution < 1.29 is 8.91 Å². The van der Waals surface area contributed by atoms with E-state index in [4.69, 9.17) is 4.11 Å². The molecule has 2 rings (SSSR count). The Labute approximate surface area is 150 Å². The average Bonchev–Trinajstić information content (AvgIpc) is 2.55. The van der Waals surface area contributed by atoms with Crippen LogP contribution < -0.4 is 0 Å². The molecule has 0 saturated heterocycles.